The first-order chi connectivity index (χ1) is 6.57. The van der Waals surface area contributed by atoms with Crippen LogP contribution < -0.4 is 5.32 Å². The first kappa shape index (κ1) is 10.6. The van der Waals surface area contributed by atoms with Gasteiger partial charge in [0.15, 0.2) is 5.69 Å². The Kier molecular flexibility index (Phi) is 3.18. The van der Waals surface area contributed by atoms with E-state index in [1.54, 1.807) is 6.92 Å². The second-order valence-electron chi connectivity index (χ2n) is 2.35. The van der Waals surface area contributed by atoms with Crippen LogP contribution in [0, 0.1) is 10.1 Å². The van der Waals surface area contributed by atoms with Crippen LogP contribution in [0.1, 0.15) is 17.4 Å². The molecule has 1 amide bonds. The first-order valence-electron chi connectivity index (χ1n) is 3.74. The monoisotopic (exact) mass is 262 g/mol. The van der Waals surface area contributed by atoms with E-state index in [1.807, 2.05) is 0 Å². The number of carbonyl (C=O) groups excluding carboxylic acids is 1. The van der Waals surface area contributed by atoms with Gasteiger partial charge in [-0.05, 0) is 27.8 Å². The summed E-state index contributed by atoms with van der Waals surface area (Å²) in [5.74, 6) is -0.782. The largest absolute Gasteiger partial charge is 0.358 e. The van der Waals surface area contributed by atoms with E-state index >= 15 is 0 Å². The molecule has 2 N–H and O–H groups in total. The highest BCUT2D eigenvalue weighted by Gasteiger charge is 2.23. The van der Waals surface area contributed by atoms with E-state index < -0.39 is 10.8 Å². The number of aromatic nitrogens is 2. The number of halogens is 1. The van der Waals surface area contributed by atoms with E-state index in [4.69, 9.17) is 0 Å². The van der Waals surface area contributed by atoms with E-state index in [2.05, 4.69) is 31.4 Å². The van der Waals surface area contributed by atoms with Gasteiger partial charge in [-0.3, -0.25) is 4.79 Å². The molecule has 0 radical (unpaired) electrons. The van der Waals surface area contributed by atoms with Crippen molar-refractivity contribution < 1.29 is 9.72 Å². The molecule has 0 aliphatic rings. The molecule has 1 heterocycles. The average molecular weight is 263 g/mol. The molecule has 76 valence electrons. The molecule has 14 heavy (non-hydrogen) atoms. The van der Waals surface area contributed by atoms with Crippen molar-refractivity contribution in [2.75, 3.05) is 6.54 Å². The van der Waals surface area contributed by atoms with Crippen LogP contribution in [0.3, 0.4) is 0 Å². The summed E-state index contributed by atoms with van der Waals surface area (Å²) in [6, 6.07) is 0. The summed E-state index contributed by atoms with van der Waals surface area (Å²) in [6.07, 6.45) is 0. The molecule has 0 bridgehead atoms. The van der Waals surface area contributed by atoms with Gasteiger partial charge < -0.3 is 15.4 Å². The Bertz CT molecular complexity index is 375. The zero-order valence-corrected chi connectivity index (χ0v) is 8.79. The Morgan fingerprint density at radius 1 is 1.79 bits per heavy atom. The highest BCUT2D eigenvalue weighted by atomic mass is 79.9. The number of nitrogens with zero attached hydrogens (tertiary/aromatic N) is 2. The summed E-state index contributed by atoms with van der Waals surface area (Å²) in [6.45, 7) is 2.18. The molecule has 8 heteroatoms. The molecule has 0 unspecified atom stereocenters. The summed E-state index contributed by atoms with van der Waals surface area (Å²) >= 11 is 2.93. The number of carbonyl (C=O) groups is 1. The second-order valence-corrected chi connectivity index (χ2v) is 3.14. The Hall–Kier alpha value is -1.44. The molecule has 0 saturated heterocycles. The Morgan fingerprint density at radius 2 is 2.43 bits per heavy atom. The van der Waals surface area contributed by atoms with Crippen LogP contribution in [0.25, 0.3) is 0 Å². The summed E-state index contributed by atoms with van der Waals surface area (Å²) in [5.41, 5.74) is -0.0152. The molecule has 0 aliphatic heterocycles. The minimum atomic E-state index is -0.653. The van der Waals surface area contributed by atoms with Crippen molar-refractivity contribution in [3.63, 3.8) is 0 Å². The molecule has 0 aromatic carbocycles. The molecule has 0 fully saturated rings. The smallest absolute Gasteiger partial charge is 0.357 e. The molecule has 1 aromatic rings. The van der Waals surface area contributed by atoms with Gasteiger partial charge in [-0.15, -0.1) is 5.10 Å². The lowest BCUT2D eigenvalue weighted by molar-refractivity contribution is -0.390. The van der Waals surface area contributed by atoms with Gasteiger partial charge in [-0.25, -0.2) is 0 Å². The quantitative estimate of drug-likeness (QED) is 0.622. The van der Waals surface area contributed by atoms with Crippen molar-refractivity contribution in [2.24, 2.45) is 0 Å². The maximum absolute atomic E-state index is 11.3. The number of amides is 1. The number of nitrogens with one attached hydrogen (secondary N) is 2. The van der Waals surface area contributed by atoms with Crippen molar-refractivity contribution in [3.8, 4) is 0 Å². The van der Waals surface area contributed by atoms with Gasteiger partial charge in [0.1, 0.15) is 4.47 Å². The Morgan fingerprint density at radius 3 is 2.86 bits per heavy atom. The fraction of sp³-hybridized carbons (Fsp3) is 0.333. The summed E-state index contributed by atoms with van der Waals surface area (Å²) in [4.78, 5) is 21.0. The number of hydrogen-bond acceptors (Lipinski definition) is 4. The van der Waals surface area contributed by atoms with Gasteiger partial charge in [0.05, 0.1) is 0 Å². The average Bonchev–Trinajstić information content (AvgIpc) is 2.47. The van der Waals surface area contributed by atoms with Crippen molar-refractivity contribution in [1.82, 2.24) is 15.5 Å². The van der Waals surface area contributed by atoms with Gasteiger partial charge in [-0.1, -0.05) is 5.10 Å². The van der Waals surface area contributed by atoms with Gasteiger partial charge in [0.2, 0.25) is 0 Å². The van der Waals surface area contributed by atoms with Crippen molar-refractivity contribution in [3.05, 3.63) is 20.3 Å². The van der Waals surface area contributed by atoms with Crippen LogP contribution in [0.15, 0.2) is 4.47 Å². The minimum Gasteiger partial charge on any atom is -0.358 e. The van der Waals surface area contributed by atoms with Crippen molar-refractivity contribution in [2.45, 2.75) is 6.92 Å². The summed E-state index contributed by atoms with van der Waals surface area (Å²) in [7, 11) is 0. The molecular weight excluding hydrogens is 256 g/mol. The summed E-state index contributed by atoms with van der Waals surface area (Å²) in [5, 5.41) is 18.6. The van der Waals surface area contributed by atoms with Crippen molar-refractivity contribution >= 4 is 27.7 Å². The highest BCUT2D eigenvalue weighted by molar-refractivity contribution is 9.10. The molecule has 7 nitrogen and oxygen atoms in total. The van der Waals surface area contributed by atoms with Crippen LogP contribution in [-0.2, 0) is 0 Å². The predicted octanol–water partition coefficient (Wildman–Crippen LogP) is 0.830. The van der Waals surface area contributed by atoms with Crippen LogP contribution in [-0.4, -0.2) is 27.6 Å². The predicted molar refractivity (Wildman–Crippen MR) is 50.9 cm³/mol. The second kappa shape index (κ2) is 4.18. The lowest BCUT2D eigenvalue weighted by Gasteiger charge is -1.96. The van der Waals surface area contributed by atoms with E-state index in [-0.39, 0.29) is 16.0 Å². The van der Waals surface area contributed by atoms with E-state index in [1.165, 1.54) is 0 Å². The Labute approximate surface area is 87.2 Å². The molecule has 0 saturated carbocycles. The number of nitro groups is 1. The van der Waals surface area contributed by atoms with E-state index in [0.717, 1.165) is 0 Å². The third-order valence-corrected chi connectivity index (χ3v) is 2.18. The molecule has 0 atom stereocenters. The standard InChI is InChI=1S/C6H7BrN4O3/c1-2-8-6(12)4-3(7)5(10-9-4)11(13)14/h2H2,1H3,(H,8,12)(H,9,10). The zero-order valence-electron chi connectivity index (χ0n) is 7.20. The van der Waals surface area contributed by atoms with Gasteiger partial charge in [0.25, 0.3) is 5.91 Å². The van der Waals surface area contributed by atoms with E-state index in [9.17, 15) is 14.9 Å². The SMILES string of the molecule is CCNC(=O)c1n[nH]c([N+](=O)[O-])c1Br. The van der Waals surface area contributed by atoms with Gasteiger partial charge in [-0.2, -0.15) is 0 Å². The first-order valence-corrected chi connectivity index (χ1v) is 4.53. The highest BCUT2D eigenvalue weighted by Crippen LogP contribution is 2.25. The maximum atomic E-state index is 11.3. The number of H-pyrrole nitrogens is 1. The molecule has 0 spiro atoms. The number of aromatic amines is 1. The number of rotatable bonds is 3. The zero-order chi connectivity index (χ0) is 10.7. The molecule has 1 aromatic heterocycles. The lowest BCUT2D eigenvalue weighted by atomic mass is 10.4. The van der Waals surface area contributed by atoms with Crippen molar-refractivity contribution in [1.29, 1.82) is 0 Å². The third kappa shape index (κ3) is 1.90. The van der Waals surface area contributed by atoms with Crippen LogP contribution >= 0.6 is 15.9 Å². The minimum absolute atomic E-state index is 0.0152. The third-order valence-electron chi connectivity index (χ3n) is 1.42. The van der Waals surface area contributed by atoms with Crippen LogP contribution in [0.5, 0.6) is 0 Å². The lowest BCUT2D eigenvalue weighted by Crippen LogP contribution is -2.23. The molecule has 1 rings (SSSR count). The fourth-order valence-electron chi connectivity index (χ4n) is 0.835. The van der Waals surface area contributed by atoms with Gasteiger partial charge in [0, 0.05) is 6.54 Å². The maximum Gasteiger partial charge on any atom is 0.357 e. The molecule has 0 aliphatic carbocycles. The topological polar surface area (TPSA) is 101 Å². The summed E-state index contributed by atoms with van der Waals surface area (Å²) < 4.78 is 0.0634. The molecular formula is C6H7BrN4O3. The van der Waals surface area contributed by atoms with Gasteiger partial charge >= 0.3 is 5.82 Å². The Balaban J connectivity index is 3.00. The van der Waals surface area contributed by atoms with E-state index in [0.29, 0.717) is 6.54 Å². The van der Waals surface area contributed by atoms with Crippen LogP contribution in [0.2, 0.25) is 0 Å². The van der Waals surface area contributed by atoms with Crippen LogP contribution in [0.4, 0.5) is 5.82 Å². The normalized spacial score (nSPS) is 9.86. The number of hydrogen-bond donors (Lipinski definition) is 2. The fourth-order valence-corrected chi connectivity index (χ4v) is 1.34.